The summed E-state index contributed by atoms with van der Waals surface area (Å²) in [4.78, 5) is 51.3. The molecule has 0 saturated heterocycles. The van der Waals surface area contributed by atoms with Crippen molar-refractivity contribution in [2.45, 2.75) is 12.5 Å². The third kappa shape index (κ3) is 4.37. The highest BCUT2D eigenvalue weighted by atomic mass is 16.4. The summed E-state index contributed by atoms with van der Waals surface area (Å²) in [5.41, 5.74) is 1.85. The van der Waals surface area contributed by atoms with Gasteiger partial charge in [-0.1, -0.05) is 12.1 Å². The lowest BCUT2D eigenvalue weighted by Gasteiger charge is -2.33. The highest BCUT2D eigenvalue weighted by Gasteiger charge is 2.39. The second-order valence-corrected chi connectivity index (χ2v) is 6.77. The fourth-order valence-electron chi connectivity index (χ4n) is 3.05. The number of aliphatic carboxylic acids is 1. The molecule has 2 N–H and O–H groups in total. The van der Waals surface area contributed by atoms with Crippen LogP contribution in [0.1, 0.15) is 6.42 Å². The van der Waals surface area contributed by atoms with E-state index in [2.05, 4.69) is 10.4 Å². The van der Waals surface area contributed by atoms with Crippen molar-refractivity contribution in [2.75, 3.05) is 18.5 Å². The third-order valence-corrected chi connectivity index (χ3v) is 4.57. The molecule has 0 aliphatic carbocycles. The van der Waals surface area contributed by atoms with Gasteiger partial charge in [0, 0.05) is 50.4 Å². The number of carboxylic acid groups (broad SMARTS) is 1. The molecule has 10 nitrogen and oxygen atoms in total. The topological polar surface area (TPSA) is 125 Å². The number of nitrogens with zero attached hydrogens (tertiary/aromatic N) is 4. The number of amides is 3. The lowest BCUT2D eigenvalue weighted by atomic mass is 10.0. The first-order valence-electron chi connectivity index (χ1n) is 9.14. The van der Waals surface area contributed by atoms with Crippen molar-refractivity contribution in [2.24, 2.45) is 7.05 Å². The van der Waals surface area contributed by atoms with E-state index in [0.29, 0.717) is 5.69 Å². The lowest BCUT2D eigenvalue weighted by molar-refractivity contribution is -0.137. The fourth-order valence-corrected chi connectivity index (χ4v) is 3.05. The van der Waals surface area contributed by atoms with Crippen molar-refractivity contribution < 1.29 is 24.3 Å². The van der Waals surface area contributed by atoms with Crippen LogP contribution in [-0.4, -0.2) is 63.1 Å². The molecule has 10 heteroatoms. The Labute approximate surface area is 172 Å². The Morgan fingerprint density at radius 3 is 2.67 bits per heavy atom. The number of aryl methyl sites for hydroxylation is 1. The summed E-state index contributed by atoms with van der Waals surface area (Å²) < 4.78 is 1.63. The van der Waals surface area contributed by atoms with Gasteiger partial charge in [-0.05, 0) is 17.7 Å². The van der Waals surface area contributed by atoms with Crippen molar-refractivity contribution in [3.05, 3.63) is 48.9 Å². The smallest absolute Gasteiger partial charge is 0.323 e. The minimum Gasteiger partial charge on any atom is -0.481 e. The second-order valence-electron chi connectivity index (χ2n) is 6.77. The second kappa shape index (κ2) is 8.60. The Bertz CT molecular complexity index is 1030. The van der Waals surface area contributed by atoms with E-state index in [9.17, 15) is 19.2 Å². The summed E-state index contributed by atoms with van der Waals surface area (Å²) in [5.74, 6) is -2.19. The maximum Gasteiger partial charge on any atom is 0.323 e. The van der Waals surface area contributed by atoms with E-state index in [1.807, 2.05) is 6.07 Å². The summed E-state index contributed by atoms with van der Waals surface area (Å²) in [6.45, 7) is -0.145. The summed E-state index contributed by atoms with van der Waals surface area (Å²) >= 11 is 0. The number of carboxylic acids is 1. The quantitative estimate of drug-likeness (QED) is 0.684. The number of anilines is 1. The number of likely N-dealkylation sites (N-methyl/N-ethyl adjacent to an activating group) is 1. The Morgan fingerprint density at radius 2 is 2.00 bits per heavy atom. The number of carbonyl (C=O) groups excluding carboxylic acids is 3. The maximum absolute atomic E-state index is 12.9. The number of aromatic nitrogens is 2. The van der Waals surface area contributed by atoms with Crippen LogP contribution in [0.2, 0.25) is 0 Å². The van der Waals surface area contributed by atoms with Gasteiger partial charge < -0.3 is 15.3 Å². The number of hydrogen-bond donors (Lipinski definition) is 2. The van der Waals surface area contributed by atoms with Crippen LogP contribution in [0.15, 0.2) is 48.9 Å². The molecule has 156 valence electrons. The van der Waals surface area contributed by atoms with Crippen LogP contribution in [0.25, 0.3) is 11.1 Å². The zero-order valence-corrected chi connectivity index (χ0v) is 16.5. The molecule has 2 heterocycles. The van der Waals surface area contributed by atoms with Gasteiger partial charge in [-0.3, -0.25) is 24.0 Å². The molecule has 3 rings (SSSR count). The molecule has 3 amide bonds. The van der Waals surface area contributed by atoms with Crippen LogP contribution < -0.4 is 10.2 Å². The maximum atomic E-state index is 12.9. The molecule has 0 fully saturated rings. The van der Waals surface area contributed by atoms with E-state index in [0.717, 1.165) is 16.0 Å². The average Bonchev–Trinajstić information content (AvgIpc) is 3.14. The van der Waals surface area contributed by atoms with Gasteiger partial charge in [0.05, 0.1) is 12.6 Å². The zero-order chi connectivity index (χ0) is 21.8. The number of ketones is 1. The number of benzene rings is 1. The molecule has 2 aromatic rings. The molecule has 0 radical (unpaired) electrons. The highest BCUT2D eigenvalue weighted by Crippen LogP contribution is 2.27. The van der Waals surface area contributed by atoms with Crippen molar-refractivity contribution in [3.63, 3.8) is 0 Å². The summed E-state index contributed by atoms with van der Waals surface area (Å²) in [6.07, 6.45) is 5.73. The molecule has 1 aliphatic rings. The predicted octanol–water partition coefficient (Wildman–Crippen LogP) is 1.00. The van der Waals surface area contributed by atoms with Gasteiger partial charge in [0.15, 0.2) is 11.8 Å². The SMILES string of the molecule is CN1C=CC(=O)[C@H](N(C(=O)NCCC(=O)O)c2cccc(-c3cnn(C)c3)c2)C1=O. The molecule has 1 aromatic heterocycles. The predicted molar refractivity (Wildman–Crippen MR) is 107 cm³/mol. The molecule has 0 spiro atoms. The molecule has 0 bridgehead atoms. The van der Waals surface area contributed by atoms with Crippen LogP contribution in [0.4, 0.5) is 10.5 Å². The van der Waals surface area contributed by atoms with Crippen molar-refractivity contribution in [1.29, 1.82) is 0 Å². The molecule has 1 atom stereocenters. The van der Waals surface area contributed by atoms with Gasteiger partial charge in [0.1, 0.15) is 0 Å². The molecule has 1 aliphatic heterocycles. The van der Waals surface area contributed by atoms with Gasteiger partial charge in [0.2, 0.25) is 0 Å². The molecule has 1 aromatic carbocycles. The Hall–Kier alpha value is -3.95. The van der Waals surface area contributed by atoms with E-state index in [1.54, 1.807) is 42.3 Å². The largest absolute Gasteiger partial charge is 0.481 e. The van der Waals surface area contributed by atoms with Crippen molar-refractivity contribution in [3.8, 4) is 11.1 Å². The highest BCUT2D eigenvalue weighted by molar-refractivity contribution is 6.19. The Morgan fingerprint density at radius 1 is 1.23 bits per heavy atom. The van der Waals surface area contributed by atoms with Gasteiger partial charge in [-0.2, -0.15) is 5.10 Å². The molecule has 30 heavy (non-hydrogen) atoms. The van der Waals surface area contributed by atoms with Gasteiger partial charge in [0.25, 0.3) is 5.91 Å². The summed E-state index contributed by atoms with van der Waals surface area (Å²) in [6, 6.07) is 4.66. The molecule has 0 saturated carbocycles. The Kier molecular flexibility index (Phi) is 5.95. The van der Waals surface area contributed by atoms with Gasteiger partial charge >= 0.3 is 12.0 Å². The number of hydrogen-bond acceptors (Lipinski definition) is 5. The van der Waals surface area contributed by atoms with Gasteiger partial charge in [-0.15, -0.1) is 0 Å². The number of rotatable bonds is 6. The molecular weight excluding hydrogens is 390 g/mol. The van der Waals surface area contributed by atoms with Crippen molar-refractivity contribution in [1.82, 2.24) is 20.0 Å². The number of nitrogens with one attached hydrogen (secondary N) is 1. The van der Waals surface area contributed by atoms with E-state index in [1.165, 1.54) is 24.2 Å². The molecule has 0 unspecified atom stereocenters. The Balaban J connectivity index is 2.00. The standard InChI is InChI=1S/C20H21N5O5/c1-23-9-7-16(26)18(19(23)29)25(20(30)21-8-6-17(27)28)15-5-3-4-13(10-15)14-11-22-24(2)12-14/h3-5,7,9-12,18H,6,8H2,1-2H3,(H,21,30)(H,27,28)/t18-/m0/s1. The third-order valence-electron chi connectivity index (χ3n) is 4.57. The number of urea groups is 1. The van der Waals surface area contributed by atoms with Crippen LogP contribution in [0, 0.1) is 0 Å². The first-order chi connectivity index (χ1) is 14.3. The minimum absolute atomic E-state index is 0.145. The molecular formula is C20H21N5O5. The number of carbonyl (C=O) groups is 4. The lowest BCUT2D eigenvalue weighted by Crippen LogP contribution is -2.57. The minimum atomic E-state index is -1.39. The van der Waals surface area contributed by atoms with E-state index < -0.39 is 29.7 Å². The first-order valence-corrected chi connectivity index (χ1v) is 9.14. The van der Waals surface area contributed by atoms with Crippen LogP contribution >= 0.6 is 0 Å². The van der Waals surface area contributed by atoms with Crippen molar-refractivity contribution >= 4 is 29.4 Å². The zero-order valence-electron chi connectivity index (χ0n) is 16.5. The normalized spacial score (nSPS) is 15.9. The van der Waals surface area contributed by atoms with Gasteiger partial charge in [-0.25, -0.2) is 4.79 Å². The fraction of sp³-hybridized carbons (Fsp3) is 0.250. The van der Waals surface area contributed by atoms with E-state index >= 15 is 0 Å². The van der Waals surface area contributed by atoms with E-state index in [4.69, 9.17) is 5.11 Å². The van der Waals surface area contributed by atoms with E-state index in [-0.39, 0.29) is 13.0 Å². The first kappa shape index (κ1) is 20.8. The average molecular weight is 411 g/mol. The van der Waals surface area contributed by atoms with Crippen LogP contribution in [0.3, 0.4) is 0 Å². The summed E-state index contributed by atoms with van der Waals surface area (Å²) in [5, 5.41) is 15.4. The van der Waals surface area contributed by atoms with Crippen LogP contribution in [0.5, 0.6) is 0 Å². The van der Waals surface area contributed by atoms with Crippen LogP contribution in [-0.2, 0) is 21.4 Å². The monoisotopic (exact) mass is 411 g/mol. The summed E-state index contributed by atoms with van der Waals surface area (Å²) in [7, 11) is 3.27.